The molecule has 1 unspecified atom stereocenters. The molecule has 2 aromatic rings. The van der Waals surface area contributed by atoms with E-state index in [1.165, 1.54) is 27.8 Å². The van der Waals surface area contributed by atoms with Gasteiger partial charge in [-0.1, -0.05) is 49.4 Å². The third kappa shape index (κ3) is 2.36. The summed E-state index contributed by atoms with van der Waals surface area (Å²) in [6.45, 7) is 6.20. The van der Waals surface area contributed by atoms with Crippen LogP contribution in [0.3, 0.4) is 0 Å². The largest absolute Gasteiger partial charge is 0.447 e. The average molecular weight is 348 g/mol. The first kappa shape index (κ1) is 15.9. The molecule has 0 bridgehead atoms. The molecule has 0 N–H and O–H groups in total. The second-order valence-corrected chi connectivity index (χ2v) is 7.82. The minimum atomic E-state index is -0.137. The van der Waals surface area contributed by atoms with Crippen LogP contribution in [-0.4, -0.2) is 47.7 Å². The van der Waals surface area contributed by atoms with Crippen molar-refractivity contribution in [1.29, 1.82) is 0 Å². The highest BCUT2D eigenvalue weighted by atomic mass is 16.6. The molecule has 134 valence electrons. The zero-order valence-corrected chi connectivity index (χ0v) is 15.2. The van der Waals surface area contributed by atoms with Gasteiger partial charge in [-0.05, 0) is 40.7 Å². The molecule has 0 aromatic heterocycles. The quantitative estimate of drug-likeness (QED) is 0.724. The SMILES string of the molecule is CCC12COC(=O)N1CCN(Cc1ccc3c(c1)Cc1ccccc1-3)C2. The lowest BCUT2D eigenvalue weighted by Crippen LogP contribution is -2.60. The summed E-state index contributed by atoms with van der Waals surface area (Å²) in [5.74, 6) is 0. The number of fused-ring (bicyclic) bond motifs is 4. The summed E-state index contributed by atoms with van der Waals surface area (Å²) >= 11 is 0. The molecule has 4 nitrogen and oxygen atoms in total. The number of nitrogens with zero attached hydrogens (tertiary/aromatic N) is 2. The van der Waals surface area contributed by atoms with E-state index in [1.807, 2.05) is 4.90 Å². The lowest BCUT2D eigenvalue weighted by Gasteiger charge is -2.44. The average Bonchev–Trinajstić information content (AvgIpc) is 3.19. The summed E-state index contributed by atoms with van der Waals surface area (Å²) in [5, 5.41) is 0. The fourth-order valence-corrected chi connectivity index (χ4v) is 4.84. The zero-order chi connectivity index (χ0) is 17.7. The van der Waals surface area contributed by atoms with Crippen molar-refractivity contribution >= 4 is 6.09 Å². The van der Waals surface area contributed by atoms with Crippen LogP contribution in [-0.2, 0) is 17.7 Å². The summed E-state index contributed by atoms with van der Waals surface area (Å²) in [5.41, 5.74) is 6.86. The molecule has 1 aliphatic carbocycles. The van der Waals surface area contributed by atoms with Crippen LogP contribution in [0.2, 0.25) is 0 Å². The molecule has 0 radical (unpaired) electrons. The summed E-state index contributed by atoms with van der Waals surface area (Å²) < 4.78 is 5.35. The van der Waals surface area contributed by atoms with E-state index in [2.05, 4.69) is 54.3 Å². The Kier molecular flexibility index (Phi) is 3.57. The lowest BCUT2D eigenvalue weighted by atomic mass is 9.92. The van der Waals surface area contributed by atoms with Crippen LogP contribution in [0.4, 0.5) is 4.79 Å². The van der Waals surface area contributed by atoms with E-state index in [0.717, 1.165) is 39.0 Å². The number of carbonyl (C=O) groups excluding carboxylic acids is 1. The number of piperazine rings is 1. The Labute approximate surface area is 154 Å². The first-order valence-electron chi connectivity index (χ1n) is 9.55. The molecule has 2 heterocycles. The van der Waals surface area contributed by atoms with E-state index in [4.69, 9.17) is 4.74 Å². The molecule has 2 aliphatic heterocycles. The maximum atomic E-state index is 12.0. The highest BCUT2D eigenvalue weighted by molar-refractivity contribution is 5.77. The van der Waals surface area contributed by atoms with Crippen molar-refractivity contribution < 1.29 is 9.53 Å². The molecule has 3 aliphatic rings. The number of benzene rings is 2. The van der Waals surface area contributed by atoms with Crippen LogP contribution < -0.4 is 0 Å². The molecule has 0 saturated carbocycles. The molecule has 26 heavy (non-hydrogen) atoms. The van der Waals surface area contributed by atoms with Crippen molar-refractivity contribution in [3.8, 4) is 11.1 Å². The standard InChI is InChI=1S/C22H24N2O2/c1-2-22-14-23(9-10-24(22)21(25)26-15-22)13-16-7-8-20-18(11-16)12-17-5-3-4-6-19(17)20/h3-8,11H,2,9-10,12-15H2,1H3. The van der Waals surface area contributed by atoms with Gasteiger partial charge in [0.2, 0.25) is 0 Å². The number of hydrogen-bond acceptors (Lipinski definition) is 3. The predicted molar refractivity (Wildman–Crippen MR) is 101 cm³/mol. The van der Waals surface area contributed by atoms with Gasteiger partial charge in [-0.3, -0.25) is 9.80 Å². The zero-order valence-electron chi connectivity index (χ0n) is 15.2. The second-order valence-electron chi connectivity index (χ2n) is 7.82. The maximum absolute atomic E-state index is 12.0. The molecule has 5 rings (SSSR count). The topological polar surface area (TPSA) is 32.8 Å². The monoisotopic (exact) mass is 348 g/mol. The smallest absolute Gasteiger partial charge is 0.410 e. The van der Waals surface area contributed by atoms with Crippen LogP contribution in [0.5, 0.6) is 0 Å². The Morgan fingerprint density at radius 1 is 1.08 bits per heavy atom. The van der Waals surface area contributed by atoms with Gasteiger partial charge in [-0.25, -0.2) is 4.79 Å². The van der Waals surface area contributed by atoms with Gasteiger partial charge in [0.15, 0.2) is 0 Å². The Hall–Kier alpha value is -2.33. The Morgan fingerprint density at radius 2 is 1.92 bits per heavy atom. The number of amides is 1. The molecule has 0 spiro atoms. The Balaban J connectivity index is 1.35. The van der Waals surface area contributed by atoms with Gasteiger partial charge in [0, 0.05) is 26.2 Å². The van der Waals surface area contributed by atoms with E-state index in [-0.39, 0.29) is 11.6 Å². The molecule has 2 fully saturated rings. The summed E-state index contributed by atoms with van der Waals surface area (Å²) in [4.78, 5) is 16.4. The first-order valence-corrected chi connectivity index (χ1v) is 9.55. The number of rotatable bonds is 3. The molecule has 2 aromatic carbocycles. The van der Waals surface area contributed by atoms with E-state index >= 15 is 0 Å². The molecular formula is C22H24N2O2. The number of ether oxygens (including phenoxy) is 1. The molecule has 1 atom stereocenters. The van der Waals surface area contributed by atoms with Crippen LogP contribution in [0.1, 0.15) is 30.0 Å². The van der Waals surface area contributed by atoms with Crippen LogP contribution in [0, 0.1) is 0 Å². The second kappa shape index (κ2) is 5.85. The van der Waals surface area contributed by atoms with E-state index in [1.54, 1.807) is 0 Å². The summed E-state index contributed by atoms with van der Waals surface area (Å²) in [7, 11) is 0. The Bertz CT molecular complexity index is 878. The van der Waals surface area contributed by atoms with Gasteiger partial charge >= 0.3 is 6.09 Å². The van der Waals surface area contributed by atoms with E-state index in [9.17, 15) is 4.79 Å². The third-order valence-corrected chi connectivity index (χ3v) is 6.34. The molecule has 1 amide bonds. The van der Waals surface area contributed by atoms with E-state index < -0.39 is 0 Å². The lowest BCUT2D eigenvalue weighted by molar-refractivity contribution is 0.0449. The van der Waals surface area contributed by atoms with Crippen molar-refractivity contribution in [2.75, 3.05) is 26.2 Å². The molecule has 2 saturated heterocycles. The van der Waals surface area contributed by atoms with Gasteiger partial charge in [-0.2, -0.15) is 0 Å². The Morgan fingerprint density at radius 3 is 2.81 bits per heavy atom. The third-order valence-electron chi connectivity index (χ3n) is 6.34. The van der Waals surface area contributed by atoms with Gasteiger partial charge in [0.05, 0.1) is 5.54 Å². The first-order chi connectivity index (χ1) is 12.7. The fraction of sp³-hybridized carbons (Fsp3) is 0.409. The highest BCUT2D eigenvalue weighted by Gasteiger charge is 2.49. The molecular weight excluding hydrogens is 324 g/mol. The van der Waals surface area contributed by atoms with Gasteiger partial charge in [0.1, 0.15) is 6.61 Å². The predicted octanol–water partition coefficient (Wildman–Crippen LogP) is 3.67. The summed E-state index contributed by atoms with van der Waals surface area (Å²) in [6, 6.07) is 15.6. The van der Waals surface area contributed by atoms with Gasteiger partial charge < -0.3 is 4.74 Å². The van der Waals surface area contributed by atoms with Crippen molar-refractivity contribution in [3.63, 3.8) is 0 Å². The minimum Gasteiger partial charge on any atom is -0.447 e. The van der Waals surface area contributed by atoms with Gasteiger partial charge in [0.25, 0.3) is 0 Å². The van der Waals surface area contributed by atoms with Crippen molar-refractivity contribution in [3.05, 3.63) is 59.2 Å². The number of cyclic esters (lactones) is 1. The van der Waals surface area contributed by atoms with Crippen molar-refractivity contribution in [2.24, 2.45) is 0 Å². The number of hydrogen-bond donors (Lipinski definition) is 0. The normalized spacial score (nSPS) is 24.2. The van der Waals surface area contributed by atoms with Gasteiger partial charge in [-0.15, -0.1) is 0 Å². The summed E-state index contributed by atoms with van der Waals surface area (Å²) in [6.07, 6.45) is 1.84. The van der Waals surface area contributed by atoms with Crippen LogP contribution >= 0.6 is 0 Å². The number of carbonyl (C=O) groups is 1. The molecule has 4 heteroatoms. The van der Waals surface area contributed by atoms with Crippen LogP contribution in [0.15, 0.2) is 42.5 Å². The van der Waals surface area contributed by atoms with E-state index in [0.29, 0.717) is 6.61 Å². The minimum absolute atomic E-state index is 0.137. The van der Waals surface area contributed by atoms with Crippen molar-refractivity contribution in [1.82, 2.24) is 9.80 Å². The van der Waals surface area contributed by atoms with Crippen molar-refractivity contribution in [2.45, 2.75) is 31.8 Å². The maximum Gasteiger partial charge on any atom is 0.410 e. The van der Waals surface area contributed by atoms with Crippen LogP contribution in [0.25, 0.3) is 11.1 Å². The fourth-order valence-electron chi connectivity index (χ4n) is 4.84. The highest BCUT2D eigenvalue weighted by Crippen LogP contribution is 2.37.